The molecule has 2 heterocycles. The van der Waals surface area contributed by atoms with Gasteiger partial charge in [-0.1, -0.05) is 12.1 Å². The van der Waals surface area contributed by atoms with E-state index in [4.69, 9.17) is 0 Å². The summed E-state index contributed by atoms with van der Waals surface area (Å²) in [5, 5.41) is 14.9. The number of nitrogens with one attached hydrogen (secondary N) is 1. The van der Waals surface area contributed by atoms with Gasteiger partial charge in [-0.3, -0.25) is 14.9 Å². The lowest BCUT2D eigenvalue weighted by molar-refractivity contribution is -0.384. The lowest BCUT2D eigenvalue weighted by Gasteiger charge is -2.09. The van der Waals surface area contributed by atoms with E-state index in [0.717, 1.165) is 11.4 Å². The van der Waals surface area contributed by atoms with Crippen molar-refractivity contribution in [2.45, 2.75) is 0 Å². The molecule has 4 rings (SSSR count). The molecule has 1 N–H and O–H groups in total. The summed E-state index contributed by atoms with van der Waals surface area (Å²) in [5.74, 6) is -0.330. The molecular formula is C22H17N5O3. The highest BCUT2D eigenvalue weighted by atomic mass is 16.6. The molecule has 0 aliphatic heterocycles. The normalized spacial score (nSPS) is 10.9. The maximum atomic E-state index is 12.6. The molecule has 4 aromatic rings. The van der Waals surface area contributed by atoms with E-state index in [1.165, 1.54) is 18.3 Å². The lowest BCUT2D eigenvalue weighted by Crippen LogP contribution is -2.19. The van der Waals surface area contributed by atoms with Crippen LogP contribution in [0, 0.1) is 10.1 Å². The molecule has 0 fully saturated rings. The highest BCUT2D eigenvalue weighted by molar-refractivity contribution is 5.98. The minimum atomic E-state index is -0.442. The summed E-state index contributed by atoms with van der Waals surface area (Å²) in [4.78, 5) is 23.0. The number of hydrazone groups is 1. The van der Waals surface area contributed by atoms with Crippen molar-refractivity contribution in [2.24, 2.45) is 5.10 Å². The lowest BCUT2D eigenvalue weighted by atomic mass is 10.1. The zero-order valence-electron chi connectivity index (χ0n) is 15.8. The van der Waals surface area contributed by atoms with Crippen molar-refractivity contribution in [1.82, 2.24) is 14.6 Å². The second-order valence-electron chi connectivity index (χ2n) is 6.38. The van der Waals surface area contributed by atoms with E-state index < -0.39 is 4.92 Å². The Morgan fingerprint density at radius 1 is 0.933 bits per heavy atom. The van der Waals surface area contributed by atoms with Crippen LogP contribution < -0.4 is 5.43 Å². The van der Waals surface area contributed by atoms with E-state index in [1.807, 2.05) is 64.1 Å². The van der Waals surface area contributed by atoms with Gasteiger partial charge < -0.3 is 9.13 Å². The third-order valence-electron chi connectivity index (χ3n) is 4.51. The molecule has 0 aliphatic carbocycles. The molecule has 0 radical (unpaired) electrons. The first-order chi connectivity index (χ1) is 14.6. The molecule has 1 amide bonds. The predicted octanol–water partition coefficient (Wildman–Crippen LogP) is 3.94. The summed E-state index contributed by atoms with van der Waals surface area (Å²) >= 11 is 0. The molecule has 0 spiro atoms. The predicted molar refractivity (Wildman–Crippen MR) is 113 cm³/mol. The van der Waals surface area contributed by atoms with E-state index in [2.05, 4.69) is 10.5 Å². The number of hydrogen-bond acceptors (Lipinski definition) is 4. The summed E-state index contributed by atoms with van der Waals surface area (Å²) in [5.41, 5.74) is 5.29. The summed E-state index contributed by atoms with van der Waals surface area (Å²) in [6.45, 7) is 0. The van der Waals surface area contributed by atoms with Crippen LogP contribution in [0.15, 0.2) is 96.5 Å². The van der Waals surface area contributed by atoms with Crippen LogP contribution in [0.2, 0.25) is 0 Å². The highest BCUT2D eigenvalue weighted by Crippen LogP contribution is 2.17. The van der Waals surface area contributed by atoms with Crippen LogP contribution in [-0.4, -0.2) is 26.2 Å². The molecule has 0 atom stereocenters. The van der Waals surface area contributed by atoms with E-state index in [9.17, 15) is 14.9 Å². The number of nitrogens with zero attached hydrogens (tertiary/aromatic N) is 4. The fraction of sp³-hybridized carbons (Fsp3) is 0. The van der Waals surface area contributed by atoms with E-state index in [0.29, 0.717) is 11.3 Å². The second-order valence-corrected chi connectivity index (χ2v) is 6.38. The second kappa shape index (κ2) is 8.27. The maximum absolute atomic E-state index is 12.6. The van der Waals surface area contributed by atoms with Crippen molar-refractivity contribution < 1.29 is 9.72 Å². The van der Waals surface area contributed by atoms with Crippen LogP contribution >= 0.6 is 0 Å². The molecule has 8 heteroatoms. The van der Waals surface area contributed by atoms with Crippen LogP contribution in [0.4, 0.5) is 5.69 Å². The number of non-ortho nitro benzene ring substituents is 1. The Kier molecular flexibility index (Phi) is 5.21. The summed E-state index contributed by atoms with van der Waals surface area (Å²) in [6.07, 6.45) is 7.07. The minimum Gasteiger partial charge on any atom is -0.323 e. The van der Waals surface area contributed by atoms with Gasteiger partial charge in [-0.15, -0.1) is 0 Å². The Morgan fingerprint density at radius 3 is 2.40 bits per heavy atom. The van der Waals surface area contributed by atoms with Gasteiger partial charge in [-0.25, -0.2) is 5.43 Å². The molecule has 0 saturated heterocycles. The Morgan fingerprint density at radius 2 is 1.67 bits per heavy atom. The molecule has 0 bridgehead atoms. The van der Waals surface area contributed by atoms with Gasteiger partial charge in [-0.05, 0) is 48.5 Å². The number of hydrogen-bond donors (Lipinski definition) is 1. The highest BCUT2D eigenvalue weighted by Gasteiger charge is 2.11. The number of benzene rings is 2. The van der Waals surface area contributed by atoms with E-state index in [-0.39, 0.29) is 11.6 Å². The largest absolute Gasteiger partial charge is 0.323 e. The van der Waals surface area contributed by atoms with Gasteiger partial charge in [0, 0.05) is 36.4 Å². The molecule has 30 heavy (non-hydrogen) atoms. The molecule has 2 aromatic heterocycles. The SMILES string of the molecule is O=C(N/N=C\c1cccn1-c1ccc([N+](=O)[O-])cc1)c1ccccc1-n1cccc1. The average molecular weight is 399 g/mol. The number of rotatable bonds is 6. The smallest absolute Gasteiger partial charge is 0.273 e. The molecule has 0 saturated carbocycles. The first-order valence-corrected chi connectivity index (χ1v) is 9.11. The van der Waals surface area contributed by atoms with Crippen molar-refractivity contribution in [3.63, 3.8) is 0 Å². The summed E-state index contributed by atoms with van der Waals surface area (Å²) in [7, 11) is 0. The van der Waals surface area contributed by atoms with Crippen molar-refractivity contribution in [2.75, 3.05) is 0 Å². The van der Waals surface area contributed by atoms with Gasteiger partial charge in [0.2, 0.25) is 0 Å². The number of carbonyl (C=O) groups excluding carboxylic acids is 1. The van der Waals surface area contributed by atoms with Crippen molar-refractivity contribution >= 4 is 17.8 Å². The number of para-hydroxylation sites is 1. The number of aromatic nitrogens is 2. The Labute approximate surface area is 171 Å². The van der Waals surface area contributed by atoms with Crippen LogP contribution in [0.1, 0.15) is 16.1 Å². The molecule has 0 aliphatic rings. The Balaban J connectivity index is 1.51. The van der Waals surface area contributed by atoms with E-state index >= 15 is 0 Å². The van der Waals surface area contributed by atoms with Gasteiger partial charge in [0.15, 0.2) is 0 Å². The fourth-order valence-corrected chi connectivity index (χ4v) is 3.07. The summed E-state index contributed by atoms with van der Waals surface area (Å²) < 4.78 is 3.67. The van der Waals surface area contributed by atoms with Crippen LogP contribution in [0.25, 0.3) is 11.4 Å². The third kappa shape index (κ3) is 3.88. The van der Waals surface area contributed by atoms with Gasteiger partial charge in [0.1, 0.15) is 0 Å². The van der Waals surface area contributed by atoms with Crippen molar-refractivity contribution in [3.8, 4) is 11.4 Å². The molecular weight excluding hydrogens is 382 g/mol. The van der Waals surface area contributed by atoms with Gasteiger partial charge in [0.05, 0.1) is 28.1 Å². The Bertz CT molecular complexity index is 1210. The fourth-order valence-electron chi connectivity index (χ4n) is 3.07. The van der Waals surface area contributed by atoms with Crippen molar-refractivity contribution in [3.05, 3.63) is 113 Å². The zero-order valence-corrected chi connectivity index (χ0v) is 15.8. The molecule has 148 valence electrons. The molecule has 0 unspecified atom stereocenters. The van der Waals surface area contributed by atoms with Crippen LogP contribution in [-0.2, 0) is 0 Å². The van der Waals surface area contributed by atoms with Crippen LogP contribution in [0.3, 0.4) is 0 Å². The number of amides is 1. The zero-order chi connectivity index (χ0) is 20.9. The average Bonchev–Trinajstić information content (AvgIpc) is 3.46. The van der Waals surface area contributed by atoms with Gasteiger partial charge >= 0.3 is 0 Å². The summed E-state index contributed by atoms with van der Waals surface area (Å²) in [6, 6.07) is 20.9. The number of nitro benzene ring substituents is 1. The number of carbonyl (C=O) groups is 1. The quantitative estimate of drug-likeness (QED) is 0.302. The topological polar surface area (TPSA) is 94.5 Å². The van der Waals surface area contributed by atoms with Gasteiger partial charge in [0.25, 0.3) is 11.6 Å². The third-order valence-corrected chi connectivity index (χ3v) is 4.51. The first kappa shape index (κ1) is 18.9. The minimum absolute atomic E-state index is 0.0229. The maximum Gasteiger partial charge on any atom is 0.273 e. The van der Waals surface area contributed by atoms with Gasteiger partial charge in [-0.2, -0.15) is 5.10 Å². The van der Waals surface area contributed by atoms with E-state index in [1.54, 1.807) is 24.3 Å². The molecule has 8 nitrogen and oxygen atoms in total. The van der Waals surface area contributed by atoms with Crippen LogP contribution in [0.5, 0.6) is 0 Å². The standard InChI is InChI=1S/C22H17N5O3/c28-22(20-7-1-2-8-21(20)25-13-3-4-14-25)24-23-16-19-6-5-15-26(19)17-9-11-18(12-10-17)27(29)30/h1-16H,(H,24,28)/b23-16-. The molecule has 2 aromatic carbocycles. The first-order valence-electron chi connectivity index (χ1n) is 9.11. The monoisotopic (exact) mass is 399 g/mol. The number of nitro groups is 1. The van der Waals surface area contributed by atoms with Crippen molar-refractivity contribution in [1.29, 1.82) is 0 Å². The Hall–Kier alpha value is -4.46.